The summed E-state index contributed by atoms with van der Waals surface area (Å²) in [5, 5.41) is 12.2. The summed E-state index contributed by atoms with van der Waals surface area (Å²) in [7, 11) is 2.06. The smallest absolute Gasteiger partial charge is 0.257 e. The Hall–Kier alpha value is -2.32. The number of aromatic nitrogens is 5. The average molecular weight is 314 g/mol. The van der Waals surface area contributed by atoms with Crippen molar-refractivity contribution in [3.05, 3.63) is 30.0 Å². The lowest BCUT2D eigenvalue weighted by atomic mass is 10.2. The quantitative estimate of drug-likeness (QED) is 0.708. The largest absolute Gasteiger partial charge is 0.363 e. The average Bonchev–Trinajstić information content (AvgIpc) is 3.14. The molecule has 1 aliphatic heterocycles. The van der Waals surface area contributed by atoms with Gasteiger partial charge < -0.3 is 14.2 Å². The predicted molar refractivity (Wildman–Crippen MR) is 81.8 cm³/mol. The van der Waals surface area contributed by atoms with Gasteiger partial charge in [0.15, 0.2) is 5.65 Å². The summed E-state index contributed by atoms with van der Waals surface area (Å²) in [5.74, 6) is 1.87. The third kappa shape index (κ3) is 2.60. The molecule has 8 nitrogen and oxygen atoms in total. The van der Waals surface area contributed by atoms with Gasteiger partial charge in [0.05, 0.1) is 6.10 Å². The summed E-state index contributed by atoms with van der Waals surface area (Å²) in [6.07, 6.45) is 1.87. The fourth-order valence-corrected chi connectivity index (χ4v) is 2.92. The molecular weight excluding hydrogens is 296 g/mol. The number of morpholine rings is 1. The molecule has 4 heterocycles. The van der Waals surface area contributed by atoms with Crippen molar-refractivity contribution in [3.63, 3.8) is 0 Å². The fourth-order valence-electron chi connectivity index (χ4n) is 2.92. The van der Waals surface area contributed by atoms with Crippen LogP contribution in [0.1, 0.15) is 24.7 Å². The van der Waals surface area contributed by atoms with E-state index in [2.05, 4.69) is 32.3 Å². The Morgan fingerprint density at radius 1 is 1.22 bits per heavy atom. The van der Waals surface area contributed by atoms with E-state index in [4.69, 9.17) is 9.26 Å². The highest BCUT2D eigenvalue weighted by atomic mass is 16.5. The van der Waals surface area contributed by atoms with Crippen LogP contribution in [-0.2, 0) is 4.74 Å². The standard InChI is InChI=1S/C15H18N6O2/c1-9-6-20(3)8-12(22-9)15-16-14(19-23-15)11-4-5-13-18-17-10(2)21(13)7-11/h4-5,7,9,12H,6,8H2,1-3H3/t9-,12-/m1/s1. The van der Waals surface area contributed by atoms with Gasteiger partial charge in [0.1, 0.15) is 11.9 Å². The van der Waals surface area contributed by atoms with E-state index in [0.717, 1.165) is 30.1 Å². The number of likely N-dealkylation sites (N-methyl/N-ethyl adjacent to an activating group) is 1. The van der Waals surface area contributed by atoms with Gasteiger partial charge >= 0.3 is 0 Å². The monoisotopic (exact) mass is 314 g/mol. The molecule has 1 saturated heterocycles. The Morgan fingerprint density at radius 2 is 2.09 bits per heavy atom. The third-order valence-electron chi connectivity index (χ3n) is 3.99. The molecule has 0 bridgehead atoms. The second-order valence-corrected chi connectivity index (χ2v) is 6.01. The Morgan fingerprint density at radius 3 is 2.91 bits per heavy atom. The van der Waals surface area contributed by atoms with Crippen LogP contribution in [-0.4, -0.2) is 55.9 Å². The van der Waals surface area contributed by atoms with Gasteiger partial charge in [-0.05, 0) is 33.0 Å². The number of hydrogen-bond donors (Lipinski definition) is 0. The van der Waals surface area contributed by atoms with Gasteiger partial charge in [-0.15, -0.1) is 10.2 Å². The lowest BCUT2D eigenvalue weighted by molar-refractivity contribution is -0.0838. The van der Waals surface area contributed by atoms with E-state index < -0.39 is 0 Å². The van der Waals surface area contributed by atoms with Gasteiger partial charge in [-0.2, -0.15) is 4.98 Å². The number of aryl methyl sites for hydroxylation is 1. The van der Waals surface area contributed by atoms with Gasteiger partial charge in [-0.1, -0.05) is 5.16 Å². The van der Waals surface area contributed by atoms with Gasteiger partial charge in [-0.25, -0.2) is 0 Å². The number of nitrogens with zero attached hydrogens (tertiary/aromatic N) is 6. The SMILES string of the molecule is Cc1nnc2ccc(-c3noc([C@H]4CN(C)C[C@@H](C)O4)n3)cn12. The lowest BCUT2D eigenvalue weighted by Gasteiger charge is -2.32. The summed E-state index contributed by atoms with van der Waals surface area (Å²) < 4.78 is 13.2. The van der Waals surface area contributed by atoms with Crippen molar-refractivity contribution in [2.75, 3.05) is 20.1 Å². The zero-order valence-electron chi connectivity index (χ0n) is 13.3. The molecule has 0 aromatic carbocycles. The molecule has 8 heteroatoms. The molecule has 3 aromatic heterocycles. The molecule has 23 heavy (non-hydrogen) atoms. The summed E-state index contributed by atoms with van der Waals surface area (Å²) in [6.45, 7) is 5.60. The lowest BCUT2D eigenvalue weighted by Crippen LogP contribution is -2.40. The molecule has 0 N–H and O–H groups in total. The van der Waals surface area contributed by atoms with Crippen molar-refractivity contribution in [2.24, 2.45) is 0 Å². The van der Waals surface area contributed by atoms with Crippen molar-refractivity contribution in [2.45, 2.75) is 26.1 Å². The molecule has 1 aliphatic rings. The van der Waals surface area contributed by atoms with Gasteiger partial charge in [0, 0.05) is 24.8 Å². The van der Waals surface area contributed by atoms with Crippen molar-refractivity contribution in [1.82, 2.24) is 29.6 Å². The molecule has 0 saturated carbocycles. The van der Waals surface area contributed by atoms with E-state index in [9.17, 15) is 0 Å². The van der Waals surface area contributed by atoms with E-state index >= 15 is 0 Å². The summed E-state index contributed by atoms with van der Waals surface area (Å²) >= 11 is 0. The predicted octanol–water partition coefficient (Wildman–Crippen LogP) is 1.48. The maximum Gasteiger partial charge on any atom is 0.257 e. The Bertz CT molecular complexity index is 831. The first-order valence-electron chi connectivity index (χ1n) is 7.59. The van der Waals surface area contributed by atoms with Crippen LogP contribution >= 0.6 is 0 Å². The van der Waals surface area contributed by atoms with Crippen LogP contribution in [0.15, 0.2) is 22.9 Å². The highest BCUT2D eigenvalue weighted by molar-refractivity contribution is 5.57. The maximum absolute atomic E-state index is 5.91. The minimum Gasteiger partial charge on any atom is -0.363 e. The normalized spacial score (nSPS) is 22.7. The molecule has 2 atom stereocenters. The highest BCUT2D eigenvalue weighted by Crippen LogP contribution is 2.25. The molecule has 3 aromatic rings. The first-order valence-corrected chi connectivity index (χ1v) is 7.59. The van der Waals surface area contributed by atoms with Gasteiger partial charge in [0.2, 0.25) is 5.82 Å². The zero-order chi connectivity index (χ0) is 16.0. The molecule has 0 spiro atoms. The van der Waals surface area contributed by atoms with Crippen LogP contribution in [0.2, 0.25) is 0 Å². The van der Waals surface area contributed by atoms with Crippen LogP contribution in [0, 0.1) is 6.92 Å². The minimum absolute atomic E-state index is 0.144. The Kier molecular flexibility index (Phi) is 3.35. The van der Waals surface area contributed by atoms with E-state index in [1.807, 2.05) is 36.6 Å². The fraction of sp³-hybridized carbons (Fsp3) is 0.467. The second-order valence-electron chi connectivity index (χ2n) is 6.01. The Labute approximate surface area is 133 Å². The van der Waals surface area contributed by atoms with Crippen LogP contribution in [0.25, 0.3) is 17.0 Å². The summed E-state index contributed by atoms with van der Waals surface area (Å²) in [6, 6.07) is 3.80. The van der Waals surface area contributed by atoms with E-state index in [1.54, 1.807) is 0 Å². The molecule has 0 unspecified atom stereocenters. The molecule has 120 valence electrons. The molecular formula is C15H18N6O2. The highest BCUT2D eigenvalue weighted by Gasteiger charge is 2.28. The first kappa shape index (κ1) is 14.3. The molecule has 4 rings (SSSR count). The Balaban J connectivity index is 1.65. The summed E-state index contributed by atoms with van der Waals surface area (Å²) in [5.41, 5.74) is 1.65. The molecule has 0 aliphatic carbocycles. The van der Waals surface area contributed by atoms with Crippen LogP contribution in [0.3, 0.4) is 0 Å². The molecule has 0 radical (unpaired) electrons. The van der Waals surface area contributed by atoms with E-state index in [1.165, 1.54) is 0 Å². The minimum atomic E-state index is -0.189. The second kappa shape index (κ2) is 5.39. The first-order chi connectivity index (χ1) is 11.1. The number of pyridine rings is 1. The van der Waals surface area contributed by atoms with Crippen LogP contribution < -0.4 is 0 Å². The number of ether oxygens (including phenoxy) is 1. The number of fused-ring (bicyclic) bond motifs is 1. The van der Waals surface area contributed by atoms with Crippen molar-refractivity contribution < 1.29 is 9.26 Å². The van der Waals surface area contributed by atoms with Crippen LogP contribution in [0.4, 0.5) is 0 Å². The molecule has 0 amide bonds. The van der Waals surface area contributed by atoms with Crippen LogP contribution in [0.5, 0.6) is 0 Å². The topological polar surface area (TPSA) is 81.6 Å². The third-order valence-corrected chi connectivity index (χ3v) is 3.99. The maximum atomic E-state index is 5.91. The van der Waals surface area contributed by atoms with Crippen molar-refractivity contribution in [1.29, 1.82) is 0 Å². The zero-order valence-corrected chi connectivity index (χ0v) is 13.3. The summed E-state index contributed by atoms with van der Waals surface area (Å²) in [4.78, 5) is 6.71. The van der Waals surface area contributed by atoms with E-state index in [0.29, 0.717) is 11.7 Å². The van der Waals surface area contributed by atoms with E-state index in [-0.39, 0.29) is 12.2 Å². The van der Waals surface area contributed by atoms with Crippen molar-refractivity contribution in [3.8, 4) is 11.4 Å². The van der Waals surface area contributed by atoms with Crippen molar-refractivity contribution >= 4 is 5.65 Å². The van der Waals surface area contributed by atoms with Gasteiger partial charge in [0.25, 0.3) is 5.89 Å². The van der Waals surface area contributed by atoms with Gasteiger partial charge in [-0.3, -0.25) is 4.40 Å². The molecule has 1 fully saturated rings. The number of rotatable bonds is 2. The number of hydrogen-bond acceptors (Lipinski definition) is 7.